The van der Waals surface area contributed by atoms with E-state index in [2.05, 4.69) is 18.2 Å². The van der Waals surface area contributed by atoms with E-state index in [9.17, 15) is 15.3 Å². The summed E-state index contributed by atoms with van der Waals surface area (Å²) in [4.78, 5) is 0. The Balaban J connectivity index is 1.65. The van der Waals surface area contributed by atoms with E-state index in [0.29, 0.717) is 11.3 Å². The van der Waals surface area contributed by atoms with Gasteiger partial charge in [0.05, 0.1) is 0 Å². The molecule has 4 nitrogen and oxygen atoms in total. The first-order valence-electron chi connectivity index (χ1n) is 11.5. The van der Waals surface area contributed by atoms with Gasteiger partial charge in [0.2, 0.25) is 0 Å². The van der Waals surface area contributed by atoms with Crippen molar-refractivity contribution in [3.63, 3.8) is 0 Å². The van der Waals surface area contributed by atoms with Gasteiger partial charge in [-0.25, -0.2) is 0 Å². The van der Waals surface area contributed by atoms with E-state index in [-0.39, 0.29) is 17.2 Å². The minimum atomic E-state index is -0.394. The topological polar surface area (TPSA) is 69.9 Å². The van der Waals surface area contributed by atoms with Gasteiger partial charge in [0.25, 0.3) is 0 Å². The maximum absolute atomic E-state index is 11.3. The van der Waals surface area contributed by atoms with Crippen molar-refractivity contribution in [3.8, 4) is 28.7 Å². The maximum Gasteiger partial charge on any atom is 0.132 e. The van der Waals surface area contributed by atoms with E-state index >= 15 is 0 Å². The Kier molecular flexibility index (Phi) is 4.03. The molecule has 6 aromatic carbocycles. The molecule has 0 spiro atoms. The fraction of sp³-hybridized carbons (Fsp3) is 0.0323. The summed E-state index contributed by atoms with van der Waals surface area (Å²) in [6.07, 6.45) is 0. The minimum Gasteiger partial charge on any atom is -0.508 e. The van der Waals surface area contributed by atoms with Crippen molar-refractivity contribution in [1.29, 1.82) is 0 Å². The lowest BCUT2D eigenvalue weighted by atomic mass is 9.77. The highest BCUT2D eigenvalue weighted by molar-refractivity contribution is 5.96. The molecule has 4 heteroatoms. The normalized spacial score (nSPS) is 14.6. The number of fused-ring (bicyclic) bond motifs is 6. The molecule has 0 saturated carbocycles. The molecule has 1 aliphatic heterocycles. The van der Waals surface area contributed by atoms with Crippen molar-refractivity contribution < 1.29 is 20.1 Å². The second kappa shape index (κ2) is 7.15. The van der Waals surface area contributed by atoms with E-state index in [1.165, 1.54) is 0 Å². The van der Waals surface area contributed by atoms with Gasteiger partial charge in [0, 0.05) is 22.6 Å². The van der Waals surface area contributed by atoms with Crippen LogP contribution in [-0.2, 0) is 0 Å². The van der Waals surface area contributed by atoms with Crippen molar-refractivity contribution >= 4 is 32.3 Å². The molecule has 0 amide bonds. The number of aromatic hydroxyl groups is 3. The molecule has 35 heavy (non-hydrogen) atoms. The van der Waals surface area contributed by atoms with Crippen LogP contribution >= 0.6 is 0 Å². The molecule has 1 aliphatic rings. The number of phenolic OH excluding ortho intramolecular Hbond substituents is 3. The van der Waals surface area contributed by atoms with Gasteiger partial charge in [0.15, 0.2) is 0 Å². The van der Waals surface area contributed by atoms with E-state index in [1.54, 1.807) is 30.3 Å². The van der Waals surface area contributed by atoms with Crippen molar-refractivity contribution in [2.75, 3.05) is 0 Å². The van der Waals surface area contributed by atoms with Crippen LogP contribution in [0.15, 0.2) is 97.1 Å². The van der Waals surface area contributed by atoms with Gasteiger partial charge in [-0.2, -0.15) is 0 Å². The Morgan fingerprint density at radius 1 is 0.514 bits per heavy atom. The number of ether oxygens (including phenoxy) is 1. The van der Waals surface area contributed by atoms with Gasteiger partial charge in [-0.15, -0.1) is 0 Å². The van der Waals surface area contributed by atoms with Gasteiger partial charge >= 0.3 is 0 Å². The molecule has 0 radical (unpaired) electrons. The molecule has 0 aliphatic carbocycles. The van der Waals surface area contributed by atoms with E-state index < -0.39 is 5.92 Å². The third-order valence-corrected chi connectivity index (χ3v) is 7.02. The van der Waals surface area contributed by atoms with Gasteiger partial charge in [-0.3, -0.25) is 0 Å². The Morgan fingerprint density at radius 3 is 1.83 bits per heavy atom. The van der Waals surface area contributed by atoms with Gasteiger partial charge in [-0.05, 0) is 80.8 Å². The summed E-state index contributed by atoms with van der Waals surface area (Å²) in [5.74, 6) is 1.43. The predicted molar refractivity (Wildman–Crippen MR) is 138 cm³/mol. The summed E-state index contributed by atoms with van der Waals surface area (Å²) in [7, 11) is 0. The zero-order valence-electron chi connectivity index (χ0n) is 18.6. The van der Waals surface area contributed by atoms with Crippen LogP contribution < -0.4 is 4.74 Å². The molecule has 1 unspecified atom stereocenters. The fourth-order valence-electron chi connectivity index (χ4n) is 5.45. The first-order valence-corrected chi connectivity index (χ1v) is 11.5. The van der Waals surface area contributed by atoms with Crippen LogP contribution in [0.4, 0.5) is 0 Å². The first kappa shape index (κ1) is 19.7. The van der Waals surface area contributed by atoms with Crippen molar-refractivity contribution in [1.82, 2.24) is 0 Å². The van der Waals surface area contributed by atoms with Gasteiger partial charge < -0.3 is 20.1 Å². The molecule has 1 atom stereocenters. The third-order valence-electron chi connectivity index (χ3n) is 7.02. The number of hydrogen-bond acceptors (Lipinski definition) is 4. The SMILES string of the molecule is Oc1ccc2ccc(O)c(C3c4cc5ccccc5cc4Oc4ccc5ccc(O)cc5c43)c2c1. The lowest BCUT2D eigenvalue weighted by Crippen LogP contribution is -2.13. The summed E-state index contributed by atoms with van der Waals surface area (Å²) >= 11 is 0. The highest BCUT2D eigenvalue weighted by Crippen LogP contribution is 2.54. The van der Waals surface area contributed by atoms with Crippen molar-refractivity contribution in [2.24, 2.45) is 0 Å². The molecule has 168 valence electrons. The first-order chi connectivity index (χ1) is 17.1. The highest BCUT2D eigenvalue weighted by atomic mass is 16.5. The Hall–Kier alpha value is -4.70. The number of phenols is 3. The Labute approximate surface area is 200 Å². The smallest absolute Gasteiger partial charge is 0.132 e. The maximum atomic E-state index is 11.3. The molecule has 0 fully saturated rings. The number of hydrogen-bond donors (Lipinski definition) is 3. The average Bonchev–Trinajstić information content (AvgIpc) is 2.86. The zero-order chi connectivity index (χ0) is 23.7. The largest absolute Gasteiger partial charge is 0.508 e. The van der Waals surface area contributed by atoms with E-state index in [1.807, 2.05) is 48.5 Å². The monoisotopic (exact) mass is 456 g/mol. The quantitative estimate of drug-likeness (QED) is 0.239. The van der Waals surface area contributed by atoms with Crippen LogP contribution in [-0.4, -0.2) is 15.3 Å². The summed E-state index contributed by atoms with van der Waals surface area (Å²) in [5.41, 5.74) is 2.47. The molecule has 3 N–H and O–H groups in total. The summed E-state index contributed by atoms with van der Waals surface area (Å²) in [6.45, 7) is 0. The van der Waals surface area contributed by atoms with Crippen LogP contribution in [0.25, 0.3) is 32.3 Å². The second-order valence-electron chi connectivity index (χ2n) is 9.06. The third kappa shape index (κ3) is 2.93. The summed E-state index contributed by atoms with van der Waals surface area (Å²) in [5, 5.41) is 37.6. The van der Waals surface area contributed by atoms with Crippen molar-refractivity contribution in [2.45, 2.75) is 5.92 Å². The van der Waals surface area contributed by atoms with E-state index in [0.717, 1.165) is 49.2 Å². The molecule has 1 heterocycles. The molecule has 0 saturated heterocycles. The average molecular weight is 456 g/mol. The van der Waals surface area contributed by atoms with Gasteiger partial charge in [-0.1, -0.05) is 48.5 Å². The lowest BCUT2D eigenvalue weighted by molar-refractivity contribution is 0.446. The molecule has 0 bridgehead atoms. The Morgan fingerprint density at radius 2 is 1.11 bits per heavy atom. The molecule has 6 aromatic rings. The molecular weight excluding hydrogens is 436 g/mol. The van der Waals surface area contributed by atoms with Gasteiger partial charge in [0.1, 0.15) is 28.7 Å². The molecule has 7 rings (SSSR count). The van der Waals surface area contributed by atoms with Crippen LogP contribution in [0.1, 0.15) is 22.6 Å². The summed E-state index contributed by atoms with van der Waals surface area (Å²) in [6, 6.07) is 30.2. The number of benzene rings is 6. The second-order valence-corrected chi connectivity index (χ2v) is 9.06. The lowest BCUT2D eigenvalue weighted by Gasteiger charge is -2.31. The molecular formula is C31H20O4. The highest BCUT2D eigenvalue weighted by Gasteiger charge is 2.34. The predicted octanol–water partition coefficient (Wildman–Crippen LogP) is 7.55. The number of rotatable bonds is 1. The Bertz CT molecular complexity index is 1760. The van der Waals surface area contributed by atoms with Crippen LogP contribution in [0.2, 0.25) is 0 Å². The van der Waals surface area contributed by atoms with Crippen molar-refractivity contribution in [3.05, 3.63) is 114 Å². The minimum absolute atomic E-state index is 0.130. The molecule has 0 aromatic heterocycles. The van der Waals surface area contributed by atoms with E-state index in [4.69, 9.17) is 4.74 Å². The summed E-state index contributed by atoms with van der Waals surface area (Å²) < 4.78 is 6.45. The zero-order valence-corrected chi connectivity index (χ0v) is 18.6. The van der Waals surface area contributed by atoms with Crippen LogP contribution in [0.3, 0.4) is 0 Å². The van der Waals surface area contributed by atoms with Crippen LogP contribution in [0.5, 0.6) is 28.7 Å². The standard InChI is InChI=1S/C31H20O4/c32-21-9-5-17-7-11-26(34)29(23(17)15-21)31-25-13-19-3-1-2-4-20(19)14-28(25)35-27-12-8-18-6-10-22(33)16-24(18)30(27)31/h1-16,31-34H. The fourth-order valence-corrected chi connectivity index (χ4v) is 5.45. The van der Waals surface area contributed by atoms with Crippen LogP contribution in [0, 0.1) is 0 Å².